The number of carbonyl (C=O) groups is 1. The number of rotatable bonds is 2. The lowest BCUT2D eigenvalue weighted by Crippen LogP contribution is -2.47. The van der Waals surface area contributed by atoms with Gasteiger partial charge in [-0.15, -0.1) is 5.10 Å². The van der Waals surface area contributed by atoms with Gasteiger partial charge < -0.3 is 9.80 Å². The second-order valence-electron chi connectivity index (χ2n) is 6.81. The minimum atomic E-state index is -0.124. The van der Waals surface area contributed by atoms with E-state index in [1.807, 2.05) is 11.0 Å². The highest BCUT2D eigenvalue weighted by molar-refractivity contribution is 5.91. The van der Waals surface area contributed by atoms with Gasteiger partial charge >= 0.3 is 0 Å². The molecule has 2 atom stereocenters. The quantitative estimate of drug-likeness (QED) is 0.670. The van der Waals surface area contributed by atoms with Crippen LogP contribution in [0.3, 0.4) is 0 Å². The standard InChI is InChI=1S/C17H18N8O/c26-15(14-21-17-20-7-2-8-25(17)22-14)24-10-12-3-4-13(24)11-23(9-12)16-18-5-1-6-19-16/h1-2,5-8,12-13H,3-4,9-11H2/t12-,13+/m0/s1. The first-order chi connectivity index (χ1) is 12.8. The van der Waals surface area contributed by atoms with Crippen LogP contribution in [0.1, 0.15) is 23.5 Å². The maximum Gasteiger partial charge on any atom is 0.293 e. The van der Waals surface area contributed by atoms with Crippen molar-refractivity contribution in [1.82, 2.24) is 34.4 Å². The molecule has 0 unspecified atom stereocenters. The van der Waals surface area contributed by atoms with Crippen LogP contribution >= 0.6 is 0 Å². The molecule has 0 radical (unpaired) electrons. The molecule has 3 saturated heterocycles. The zero-order valence-electron chi connectivity index (χ0n) is 14.1. The molecule has 0 spiro atoms. The predicted octanol–water partition coefficient (Wildman–Crippen LogP) is 0.655. The van der Waals surface area contributed by atoms with Crippen molar-refractivity contribution in [1.29, 1.82) is 0 Å². The van der Waals surface area contributed by atoms with E-state index < -0.39 is 0 Å². The maximum atomic E-state index is 13.1. The van der Waals surface area contributed by atoms with Gasteiger partial charge in [0.1, 0.15) is 0 Å². The number of amides is 1. The first kappa shape index (κ1) is 15.2. The summed E-state index contributed by atoms with van der Waals surface area (Å²) < 4.78 is 1.54. The second kappa shape index (κ2) is 6.01. The van der Waals surface area contributed by atoms with Gasteiger partial charge in [-0.1, -0.05) is 0 Å². The number of aromatic nitrogens is 6. The molecule has 1 amide bonds. The molecule has 3 aromatic heterocycles. The summed E-state index contributed by atoms with van der Waals surface area (Å²) in [7, 11) is 0. The Morgan fingerprint density at radius 1 is 1.00 bits per heavy atom. The Hall–Kier alpha value is -3.10. The molecule has 6 rings (SSSR count). The van der Waals surface area contributed by atoms with E-state index in [0.717, 1.165) is 38.4 Å². The molecule has 26 heavy (non-hydrogen) atoms. The van der Waals surface area contributed by atoms with E-state index in [1.165, 1.54) is 4.52 Å². The Kier molecular flexibility index (Phi) is 3.51. The first-order valence-electron chi connectivity index (χ1n) is 8.78. The molecule has 3 aliphatic heterocycles. The summed E-state index contributed by atoms with van der Waals surface area (Å²) in [6.07, 6.45) is 8.99. The van der Waals surface area contributed by atoms with E-state index in [9.17, 15) is 4.79 Å². The number of piperidine rings is 1. The highest BCUT2D eigenvalue weighted by Gasteiger charge is 2.39. The van der Waals surface area contributed by atoms with Gasteiger partial charge in [-0.25, -0.2) is 19.5 Å². The van der Waals surface area contributed by atoms with Crippen LogP contribution in [0.2, 0.25) is 0 Å². The molecule has 0 N–H and O–H groups in total. The molecule has 0 saturated carbocycles. The number of anilines is 1. The lowest BCUT2D eigenvalue weighted by molar-refractivity contribution is 0.0579. The summed E-state index contributed by atoms with van der Waals surface area (Å²) in [5, 5.41) is 4.29. The number of carbonyl (C=O) groups excluding carboxylic acids is 1. The van der Waals surface area contributed by atoms with Gasteiger partial charge in [-0.05, 0) is 30.9 Å². The number of hydrogen-bond acceptors (Lipinski definition) is 7. The highest BCUT2D eigenvalue weighted by Crippen LogP contribution is 2.30. The van der Waals surface area contributed by atoms with Crippen molar-refractivity contribution in [3.63, 3.8) is 0 Å². The maximum absolute atomic E-state index is 13.1. The number of nitrogens with zero attached hydrogens (tertiary/aromatic N) is 8. The van der Waals surface area contributed by atoms with Gasteiger partial charge in [-0.3, -0.25) is 4.79 Å². The van der Waals surface area contributed by atoms with Gasteiger partial charge in [0.15, 0.2) is 0 Å². The van der Waals surface area contributed by atoms with Crippen LogP contribution in [-0.4, -0.2) is 66.0 Å². The zero-order chi connectivity index (χ0) is 17.5. The lowest BCUT2D eigenvalue weighted by atomic mass is 9.95. The van der Waals surface area contributed by atoms with Crippen molar-refractivity contribution in [2.45, 2.75) is 18.9 Å². The summed E-state index contributed by atoms with van der Waals surface area (Å²) in [4.78, 5) is 34.4. The normalized spacial score (nSPS) is 22.6. The Morgan fingerprint density at radius 3 is 2.69 bits per heavy atom. The van der Waals surface area contributed by atoms with Crippen molar-refractivity contribution in [2.75, 3.05) is 24.5 Å². The fraction of sp³-hybridized carbons (Fsp3) is 0.412. The van der Waals surface area contributed by atoms with E-state index >= 15 is 0 Å². The summed E-state index contributed by atoms with van der Waals surface area (Å²) in [6, 6.07) is 3.70. The lowest BCUT2D eigenvalue weighted by Gasteiger charge is -2.35. The Bertz CT molecular complexity index is 909. The van der Waals surface area contributed by atoms with E-state index in [4.69, 9.17) is 0 Å². The third kappa shape index (κ3) is 2.56. The average molecular weight is 350 g/mol. The van der Waals surface area contributed by atoms with Gasteiger partial charge in [0.25, 0.3) is 11.7 Å². The zero-order valence-corrected chi connectivity index (χ0v) is 14.1. The van der Waals surface area contributed by atoms with Crippen LogP contribution in [0.15, 0.2) is 36.9 Å². The molecular weight excluding hydrogens is 332 g/mol. The van der Waals surface area contributed by atoms with E-state index in [1.54, 1.807) is 30.9 Å². The number of hydrogen-bond donors (Lipinski definition) is 0. The van der Waals surface area contributed by atoms with Crippen LogP contribution in [0, 0.1) is 5.92 Å². The Morgan fingerprint density at radius 2 is 1.85 bits per heavy atom. The predicted molar refractivity (Wildman–Crippen MR) is 92.6 cm³/mol. The molecule has 3 aliphatic rings. The van der Waals surface area contributed by atoms with Crippen LogP contribution < -0.4 is 4.90 Å². The smallest absolute Gasteiger partial charge is 0.293 e. The molecule has 132 valence electrons. The summed E-state index contributed by atoms with van der Waals surface area (Å²) in [6.45, 7) is 2.32. The second-order valence-corrected chi connectivity index (χ2v) is 6.81. The Balaban J connectivity index is 1.42. The van der Waals surface area contributed by atoms with E-state index in [2.05, 4.69) is 29.9 Å². The van der Waals surface area contributed by atoms with Crippen LogP contribution in [0.4, 0.5) is 5.95 Å². The van der Waals surface area contributed by atoms with E-state index in [-0.39, 0.29) is 17.8 Å². The first-order valence-corrected chi connectivity index (χ1v) is 8.78. The van der Waals surface area contributed by atoms with Crippen molar-refractivity contribution in [3.8, 4) is 0 Å². The largest absolute Gasteiger partial charge is 0.338 e. The third-order valence-corrected chi connectivity index (χ3v) is 5.12. The van der Waals surface area contributed by atoms with Gasteiger partial charge in [0.2, 0.25) is 11.8 Å². The summed E-state index contributed by atoms with van der Waals surface area (Å²) in [5.74, 6) is 1.65. The number of fused-ring (bicyclic) bond motifs is 5. The molecule has 0 aromatic carbocycles. The van der Waals surface area contributed by atoms with Gasteiger partial charge in [-0.2, -0.15) is 4.98 Å². The molecule has 2 bridgehead atoms. The van der Waals surface area contributed by atoms with Crippen molar-refractivity contribution >= 4 is 17.6 Å². The highest BCUT2D eigenvalue weighted by atomic mass is 16.2. The molecule has 3 aromatic rings. The SMILES string of the molecule is O=C(c1nc2ncccn2n1)N1C[C@H]2CC[C@@H]1CN(c1ncccn1)C2. The van der Waals surface area contributed by atoms with Crippen molar-refractivity contribution < 1.29 is 4.79 Å². The molecule has 3 fully saturated rings. The van der Waals surface area contributed by atoms with Gasteiger partial charge in [0.05, 0.1) is 0 Å². The average Bonchev–Trinajstić information content (AvgIpc) is 2.91. The topological polar surface area (TPSA) is 92.4 Å². The molecule has 9 heteroatoms. The van der Waals surface area contributed by atoms with Crippen LogP contribution in [0.25, 0.3) is 5.78 Å². The molecular formula is C17H18N8O. The third-order valence-electron chi connectivity index (χ3n) is 5.12. The molecule has 6 heterocycles. The minimum absolute atomic E-state index is 0.115. The van der Waals surface area contributed by atoms with Crippen LogP contribution in [-0.2, 0) is 0 Å². The van der Waals surface area contributed by atoms with Gasteiger partial charge in [0, 0.05) is 50.5 Å². The fourth-order valence-corrected chi connectivity index (χ4v) is 3.90. The van der Waals surface area contributed by atoms with Crippen molar-refractivity contribution in [2.24, 2.45) is 5.92 Å². The monoisotopic (exact) mass is 350 g/mol. The molecule has 9 nitrogen and oxygen atoms in total. The summed E-state index contributed by atoms with van der Waals surface area (Å²) >= 11 is 0. The van der Waals surface area contributed by atoms with E-state index in [0.29, 0.717) is 11.7 Å². The van der Waals surface area contributed by atoms with Crippen LogP contribution in [0.5, 0.6) is 0 Å². The van der Waals surface area contributed by atoms with Crippen molar-refractivity contribution in [3.05, 3.63) is 42.7 Å². The summed E-state index contributed by atoms with van der Waals surface area (Å²) in [5.41, 5.74) is 0. The molecule has 0 aliphatic carbocycles. The Labute approximate surface area is 149 Å². The fourth-order valence-electron chi connectivity index (χ4n) is 3.90. The minimum Gasteiger partial charge on any atom is -0.338 e.